The summed E-state index contributed by atoms with van der Waals surface area (Å²) in [6, 6.07) is 12.2. The molecule has 1 aromatic heterocycles. The van der Waals surface area contributed by atoms with E-state index in [0.717, 1.165) is 17.0 Å². The van der Waals surface area contributed by atoms with Crippen molar-refractivity contribution in [2.45, 2.75) is 0 Å². The van der Waals surface area contributed by atoms with Gasteiger partial charge in [0.15, 0.2) is 11.5 Å². The quantitative estimate of drug-likeness (QED) is 0.389. The van der Waals surface area contributed by atoms with Crippen molar-refractivity contribution in [2.75, 3.05) is 13.7 Å². The van der Waals surface area contributed by atoms with Gasteiger partial charge in [0.25, 0.3) is 0 Å². The second kappa shape index (κ2) is 8.37. The van der Waals surface area contributed by atoms with E-state index in [0.29, 0.717) is 16.9 Å². The molecule has 27 heavy (non-hydrogen) atoms. The van der Waals surface area contributed by atoms with E-state index in [1.807, 2.05) is 29.6 Å². The highest BCUT2D eigenvalue weighted by molar-refractivity contribution is 7.07. The Morgan fingerprint density at radius 2 is 2.00 bits per heavy atom. The van der Waals surface area contributed by atoms with Crippen molar-refractivity contribution in [2.24, 2.45) is 10.1 Å². The number of aromatic nitrogens is 1. The lowest BCUT2D eigenvalue weighted by atomic mass is 10.1. The maximum absolute atomic E-state index is 9.67. The first-order chi connectivity index (χ1) is 13.1. The smallest absolute Gasteiger partial charge is 0.206 e. The second-order valence-electron chi connectivity index (χ2n) is 5.54. The topological polar surface area (TPSA) is 79.3 Å². The van der Waals surface area contributed by atoms with Gasteiger partial charge in [0.05, 0.1) is 25.6 Å². The minimum Gasteiger partial charge on any atom is -0.504 e. The number of nitrogens with zero attached hydrogens (tertiary/aromatic N) is 3. The second-order valence-corrected chi connectivity index (χ2v) is 6.37. The monoisotopic (exact) mass is 381 g/mol. The molecular weight excluding hydrogens is 362 g/mol. The maximum Gasteiger partial charge on any atom is 0.206 e. The molecule has 2 N–H and O–H groups in total. The van der Waals surface area contributed by atoms with E-state index in [9.17, 15) is 10.2 Å². The van der Waals surface area contributed by atoms with Crippen LogP contribution in [-0.2, 0) is 0 Å². The number of ether oxygens (including phenoxy) is 1. The van der Waals surface area contributed by atoms with Crippen LogP contribution in [0.2, 0.25) is 0 Å². The number of phenolic OH excluding ortho intramolecular Hbond substituents is 2. The lowest BCUT2D eigenvalue weighted by Crippen LogP contribution is -2.12. The van der Waals surface area contributed by atoms with E-state index < -0.39 is 0 Å². The molecule has 3 rings (SSSR count). The third kappa shape index (κ3) is 4.09. The molecule has 0 unspecified atom stereocenters. The fourth-order valence-corrected chi connectivity index (χ4v) is 3.29. The molecule has 6 nitrogen and oxygen atoms in total. The number of hydrogen-bond donors (Lipinski definition) is 2. The summed E-state index contributed by atoms with van der Waals surface area (Å²) in [4.78, 5) is 5.19. The SMILES string of the molecule is C=CCN=c1scc(-c2ccccc2OC)n1N=Cc1ccc(O)c(O)c1. The highest BCUT2D eigenvalue weighted by Crippen LogP contribution is 2.30. The van der Waals surface area contributed by atoms with Crippen LogP contribution in [0.1, 0.15) is 5.56 Å². The van der Waals surface area contributed by atoms with Crippen molar-refractivity contribution < 1.29 is 14.9 Å². The molecule has 0 radical (unpaired) electrons. The van der Waals surface area contributed by atoms with E-state index in [4.69, 9.17) is 4.74 Å². The molecule has 7 heteroatoms. The highest BCUT2D eigenvalue weighted by Gasteiger charge is 2.12. The number of aromatic hydroxyl groups is 2. The Morgan fingerprint density at radius 1 is 1.19 bits per heavy atom. The van der Waals surface area contributed by atoms with Gasteiger partial charge in [0, 0.05) is 10.9 Å². The highest BCUT2D eigenvalue weighted by atomic mass is 32.1. The van der Waals surface area contributed by atoms with Gasteiger partial charge in [-0.3, -0.25) is 4.99 Å². The number of rotatable bonds is 6. The molecule has 0 amide bonds. The van der Waals surface area contributed by atoms with Gasteiger partial charge < -0.3 is 14.9 Å². The zero-order chi connectivity index (χ0) is 19.2. The molecule has 1 heterocycles. The molecule has 0 atom stereocenters. The fraction of sp³-hybridized carbons (Fsp3) is 0.100. The Bertz CT molecular complexity index is 1050. The average molecular weight is 381 g/mol. The summed E-state index contributed by atoms with van der Waals surface area (Å²) >= 11 is 1.46. The van der Waals surface area contributed by atoms with Crippen molar-refractivity contribution in [3.8, 4) is 28.5 Å². The van der Waals surface area contributed by atoms with Crippen LogP contribution >= 0.6 is 11.3 Å². The molecule has 0 fully saturated rings. The number of phenols is 2. The molecule has 0 saturated carbocycles. The molecule has 0 aliphatic rings. The van der Waals surface area contributed by atoms with Gasteiger partial charge in [0.1, 0.15) is 5.75 Å². The average Bonchev–Trinajstić information content (AvgIpc) is 3.09. The van der Waals surface area contributed by atoms with Crippen LogP contribution in [0.4, 0.5) is 0 Å². The third-order valence-electron chi connectivity index (χ3n) is 3.75. The minimum atomic E-state index is -0.198. The standard InChI is InChI=1S/C20H19N3O3S/c1-3-10-21-20-23(22-12-14-8-9-17(24)18(25)11-14)16(13-27-20)15-6-4-5-7-19(15)26-2/h3-9,11-13,24-25H,1,10H2,2H3. The molecule has 3 aromatic rings. The molecule has 138 valence electrons. The third-order valence-corrected chi connectivity index (χ3v) is 4.60. The molecule has 0 spiro atoms. The number of hydrogen-bond acceptors (Lipinski definition) is 6. The first-order valence-electron chi connectivity index (χ1n) is 8.15. The predicted molar refractivity (Wildman–Crippen MR) is 108 cm³/mol. The lowest BCUT2D eigenvalue weighted by molar-refractivity contribution is 0.403. The summed E-state index contributed by atoms with van der Waals surface area (Å²) < 4.78 is 7.19. The molecule has 0 aliphatic carbocycles. The maximum atomic E-state index is 9.67. The van der Waals surface area contributed by atoms with Gasteiger partial charge in [-0.15, -0.1) is 17.9 Å². The molecular formula is C20H19N3O3S. The number of thiazole rings is 1. The van der Waals surface area contributed by atoms with Crippen LogP contribution in [0.5, 0.6) is 17.2 Å². The van der Waals surface area contributed by atoms with Gasteiger partial charge in [0.2, 0.25) is 4.80 Å². The summed E-state index contributed by atoms with van der Waals surface area (Å²) in [6.07, 6.45) is 3.31. The molecule has 0 bridgehead atoms. The van der Waals surface area contributed by atoms with E-state index in [2.05, 4.69) is 16.7 Å². The van der Waals surface area contributed by atoms with Crippen LogP contribution in [0.3, 0.4) is 0 Å². The van der Waals surface area contributed by atoms with E-state index >= 15 is 0 Å². The largest absolute Gasteiger partial charge is 0.504 e. The first kappa shape index (κ1) is 18.5. The fourth-order valence-electron chi connectivity index (χ4n) is 2.45. The van der Waals surface area contributed by atoms with E-state index in [1.165, 1.54) is 23.5 Å². The van der Waals surface area contributed by atoms with Gasteiger partial charge in [-0.05, 0) is 35.9 Å². The Kier molecular flexibility index (Phi) is 5.73. The zero-order valence-corrected chi connectivity index (χ0v) is 15.6. The van der Waals surface area contributed by atoms with Crippen molar-refractivity contribution in [3.63, 3.8) is 0 Å². The van der Waals surface area contributed by atoms with Gasteiger partial charge in [-0.1, -0.05) is 18.2 Å². The summed E-state index contributed by atoms with van der Waals surface area (Å²) in [7, 11) is 1.63. The van der Waals surface area contributed by atoms with Crippen molar-refractivity contribution in [3.05, 3.63) is 70.9 Å². The van der Waals surface area contributed by atoms with Crippen LogP contribution in [0, 0.1) is 0 Å². The van der Waals surface area contributed by atoms with Crippen molar-refractivity contribution in [1.82, 2.24) is 4.68 Å². The first-order valence-corrected chi connectivity index (χ1v) is 9.03. The number of benzene rings is 2. The normalized spacial score (nSPS) is 11.8. The Balaban J connectivity index is 2.11. The van der Waals surface area contributed by atoms with Crippen LogP contribution in [-0.4, -0.2) is 34.8 Å². The van der Waals surface area contributed by atoms with Gasteiger partial charge in [-0.2, -0.15) is 5.10 Å². The van der Waals surface area contributed by atoms with Crippen LogP contribution in [0.25, 0.3) is 11.3 Å². The summed E-state index contributed by atoms with van der Waals surface area (Å²) in [5.41, 5.74) is 2.37. The number of para-hydroxylation sites is 1. The Labute approximate surface area is 160 Å². The zero-order valence-electron chi connectivity index (χ0n) is 14.7. The van der Waals surface area contributed by atoms with Gasteiger partial charge >= 0.3 is 0 Å². The molecule has 2 aromatic carbocycles. The Hall–Kier alpha value is -3.32. The summed E-state index contributed by atoms with van der Waals surface area (Å²) in [5.74, 6) is 0.360. The Morgan fingerprint density at radius 3 is 2.74 bits per heavy atom. The molecule has 0 saturated heterocycles. The van der Waals surface area contributed by atoms with Crippen LogP contribution in [0.15, 0.2) is 70.6 Å². The summed E-state index contributed by atoms with van der Waals surface area (Å²) in [6.45, 7) is 4.17. The number of methoxy groups -OCH3 is 1. The van der Waals surface area contributed by atoms with Crippen LogP contribution < -0.4 is 9.54 Å². The van der Waals surface area contributed by atoms with Gasteiger partial charge in [-0.25, -0.2) is 4.68 Å². The van der Waals surface area contributed by atoms with Crippen molar-refractivity contribution >= 4 is 17.6 Å². The summed E-state index contributed by atoms with van der Waals surface area (Å²) in [5, 5.41) is 25.6. The minimum absolute atomic E-state index is 0.174. The van der Waals surface area contributed by atoms with Crippen molar-refractivity contribution in [1.29, 1.82) is 0 Å². The lowest BCUT2D eigenvalue weighted by Gasteiger charge is -2.08. The van der Waals surface area contributed by atoms with E-state index in [-0.39, 0.29) is 11.5 Å². The predicted octanol–water partition coefficient (Wildman–Crippen LogP) is 3.61. The molecule has 0 aliphatic heterocycles. The van der Waals surface area contributed by atoms with E-state index in [1.54, 1.807) is 30.1 Å².